The van der Waals surface area contributed by atoms with Gasteiger partial charge >= 0.3 is 0 Å². The molecule has 6 N–H and O–H groups in total. The third-order valence-corrected chi connectivity index (χ3v) is 15.6. The van der Waals surface area contributed by atoms with Crippen LogP contribution in [0.25, 0.3) is 0 Å². The second-order valence-corrected chi connectivity index (χ2v) is 22.9. The number of aliphatic hydroxyl groups excluding tert-OH is 5. The molecule has 0 aromatic heterocycles. The summed E-state index contributed by atoms with van der Waals surface area (Å²) in [5.74, 6) is -0.186. The molecule has 7 unspecified atom stereocenters. The molecule has 1 fully saturated rings. The van der Waals surface area contributed by atoms with Gasteiger partial charge in [-0.25, -0.2) is 0 Å². The second kappa shape index (κ2) is 56.4. The summed E-state index contributed by atoms with van der Waals surface area (Å²) in [4.78, 5) is 13.1. The van der Waals surface area contributed by atoms with E-state index >= 15 is 0 Å². The average Bonchev–Trinajstić information content (AvgIpc) is 3.42. The van der Waals surface area contributed by atoms with Crippen LogP contribution in [0.2, 0.25) is 0 Å². The van der Waals surface area contributed by atoms with Gasteiger partial charge in [-0.05, 0) is 70.6 Å². The van der Waals surface area contributed by atoms with Crippen LogP contribution in [0.4, 0.5) is 0 Å². The van der Waals surface area contributed by atoms with Crippen LogP contribution in [0.15, 0.2) is 48.6 Å². The van der Waals surface area contributed by atoms with Crippen LogP contribution in [0.1, 0.15) is 316 Å². The lowest BCUT2D eigenvalue weighted by atomic mass is 9.99. The first kappa shape index (κ1) is 72.2. The average molecular weight is 1070 g/mol. The number of ether oxygens (including phenoxy) is 2. The molecule has 76 heavy (non-hydrogen) atoms. The molecular formula is C67H125NO8. The minimum Gasteiger partial charge on any atom is -0.394 e. The molecular weight excluding hydrogens is 947 g/mol. The van der Waals surface area contributed by atoms with E-state index in [0.29, 0.717) is 6.42 Å². The Balaban J connectivity index is 2.18. The van der Waals surface area contributed by atoms with Gasteiger partial charge in [-0.1, -0.05) is 287 Å². The van der Waals surface area contributed by atoms with E-state index < -0.39 is 49.5 Å². The number of carbonyl (C=O) groups excluding carboxylic acids is 1. The summed E-state index contributed by atoms with van der Waals surface area (Å²) >= 11 is 0. The van der Waals surface area contributed by atoms with Crippen LogP contribution < -0.4 is 5.32 Å². The van der Waals surface area contributed by atoms with Crippen molar-refractivity contribution in [2.75, 3.05) is 13.2 Å². The van der Waals surface area contributed by atoms with E-state index in [0.717, 1.165) is 44.9 Å². The number of allylic oxidation sites excluding steroid dienone is 7. The van der Waals surface area contributed by atoms with E-state index in [4.69, 9.17) is 9.47 Å². The van der Waals surface area contributed by atoms with Crippen molar-refractivity contribution in [3.05, 3.63) is 48.6 Å². The van der Waals surface area contributed by atoms with Crippen molar-refractivity contribution in [2.24, 2.45) is 0 Å². The Hall–Kier alpha value is -1.85. The summed E-state index contributed by atoms with van der Waals surface area (Å²) in [5, 5.41) is 54.6. The summed E-state index contributed by atoms with van der Waals surface area (Å²) in [5.41, 5.74) is 0. The van der Waals surface area contributed by atoms with E-state index in [9.17, 15) is 30.3 Å². The SMILES string of the molecule is CCCCCCCCCC/C=C\CCCCCCCCCCCCCCCCCCCC(=O)NC(COC1OC(CO)C(O)C(O)C1O)C(O)/C=C/CC/C=C/CC/C=C/CCCCCCCCCCCCCCCC. The van der Waals surface area contributed by atoms with Gasteiger partial charge in [0, 0.05) is 6.42 Å². The van der Waals surface area contributed by atoms with Gasteiger partial charge in [0.25, 0.3) is 0 Å². The van der Waals surface area contributed by atoms with Crippen molar-refractivity contribution in [2.45, 2.75) is 358 Å². The van der Waals surface area contributed by atoms with Gasteiger partial charge < -0.3 is 40.3 Å². The molecule has 9 heteroatoms. The highest BCUT2D eigenvalue weighted by atomic mass is 16.7. The largest absolute Gasteiger partial charge is 0.394 e. The topological polar surface area (TPSA) is 149 Å². The van der Waals surface area contributed by atoms with Crippen LogP contribution >= 0.6 is 0 Å². The van der Waals surface area contributed by atoms with Crippen LogP contribution in [-0.2, 0) is 14.3 Å². The zero-order valence-corrected chi connectivity index (χ0v) is 49.8. The molecule has 1 saturated heterocycles. The molecule has 0 aromatic rings. The van der Waals surface area contributed by atoms with Gasteiger partial charge in [-0.2, -0.15) is 0 Å². The van der Waals surface area contributed by atoms with Crippen molar-refractivity contribution in [1.29, 1.82) is 0 Å². The highest BCUT2D eigenvalue weighted by Gasteiger charge is 2.44. The number of rotatable bonds is 57. The van der Waals surface area contributed by atoms with Gasteiger partial charge in [0.05, 0.1) is 25.4 Å². The van der Waals surface area contributed by atoms with E-state index in [1.165, 1.54) is 250 Å². The fourth-order valence-electron chi connectivity index (χ4n) is 10.4. The fraction of sp³-hybridized carbons (Fsp3) is 0.866. The molecule has 1 rings (SSSR count). The van der Waals surface area contributed by atoms with Crippen LogP contribution in [0, 0.1) is 0 Å². The minimum atomic E-state index is -1.58. The van der Waals surface area contributed by atoms with Gasteiger partial charge in [0.2, 0.25) is 5.91 Å². The monoisotopic (exact) mass is 1070 g/mol. The summed E-state index contributed by atoms with van der Waals surface area (Å²) in [6.45, 7) is 3.80. The van der Waals surface area contributed by atoms with Crippen LogP contribution in [-0.4, -0.2) is 87.5 Å². The summed E-state index contributed by atoms with van der Waals surface area (Å²) in [6.07, 6.45) is 69.2. The predicted octanol–water partition coefficient (Wildman–Crippen LogP) is 17.2. The molecule has 7 atom stereocenters. The van der Waals surface area contributed by atoms with Gasteiger partial charge in [-0.15, -0.1) is 0 Å². The van der Waals surface area contributed by atoms with Gasteiger partial charge in [0.15, 0.2) is 6.29 Å². The molecule has 9 nitrogen and oxygen atoms in total. The fourth-order valence-corrected chi connectivity index (χ4v) is 10.4. The number of aliphatic hydroxyl groups is 5. The molecule has 0 aromatic carbocycles. The summed E-state index contributed by atoms with van der Waals surface area (Å²) < 4.78 is 11.3. The first-order chi connectivity index (χ1) is 37.3. The number of carbonyl (C=O) groups is 1. The van der Waals surface area contributed by atoms with Crippen molar-refractivity contribution in [1.82, 2.24) is 5.32 Å². The first-order valence-corrected chi connectivity index (χ1v) is 32.9. The van der Waals surface area contributed by atoms with E-state index in [1.807, 2.05) is 6.08 Å². The van der Waals surface area contributed by atoms with Crippen LogP contribution in [0.3, 0.4) is 0 Å². The lowest BCUT2D eigenvalue weighted by molar-refractivity contribution is -0.302. The lowest BCUT2D eigenvalue weighted by Crippen LogP contribution is -2.60. The molecule has 446 valence electrons. The zero-order valence-electron chi connectivity index (χ0n) is 49.8. The molecule has 1 aliphatic heterocycles. The van der Waals surface area contributed by atoms with Crippen molar-refractivity contribution >= 4 is 5.91 Å². The molecule has 0 saturated carbocycles. The van der Waals surface area contributed by atoms with E-state index in [-0.39, 0.29) is 12.5 Å². The number of hydrogen-bond acceptors (Lipinski definition) is 8. The van der Waals surface area contributed by atoms with Crippen molar-refractivity contribution in [3.63, 3.8) is 0 Å². The normalized spacial score (nSPS) is 19.1. The molecule has 1 amide bonds. The van der Waals surface area contributed by atoms with Gasteiger partial charge in [-0.3, -0.25) is 4.79 Å². The third-order valence-electron chi connectivity index (χ3n) is 15.6. The number of unbranched alkanes of at least 4 members (excludes halogenated alkanes) is 41. The highest BCUT2D eigenvalue weighted by molar-refractivity contribution is 5.76. The van der Waals surface area contributed by atoms with E-state index in [1.54, 1.807) is 6.08 Å². The van der Waals surface area contributed by atoms with Crippen molar-refractivity contribution in [3.8, 4) is 0 Å². The van der Waals surface area contributed by atoms with Gasteiger partial charge in [0.1, 0.15) is 24.4 Å². The Bertz CT molecular complexity index is 1340. The Kier molecular flexibility index (Phi) is 53.6. The maximum absolute atomic E-state index is 13.1. The number of nitrogens with one attached hydrogen (secondary N) is 1. The maximum Gasteiger partial charge on any atom is 0.220 e. The highest BCUT2D eigenvalue weighted by Crippen LogP contribution is 2.23. The molecule has 1 aliphatic rings. The number of hydrogen-bond donors (Lipinski definition) is 6. The molecule has 0 spiro atoms. The maximum atomic E-state index is 13.1. The standard InChI is InChI=1S/C67H125NO8/c1-3-5-7-9-11-13-15-17-19-21-23-25-27-29-30-31-32-33-35-37-39-41-43-45-47-49-51-53-55-57-63(71)68-60(59-75-67-66(74)65(73)64(72)62(58-69)76-67)61(70)56-54-52-50-48-46-44-42-40-38-36-34-28-26-24-22-20-18-16-14-12-10-8-6-4-2/h21,23,38,40,46,48,54,56,60-62,64-67,69-70,72-74H,3-20,22,24-37,39,41-45,47,49-53,55,57-59H2,1-2H3,(H,68,71)/b23-21-,40-38+,48-46+,56-54+. The van der Waals surface area contributed by atoms with Crippen molar-refractivity contribution < 1.29 is 39.8 Å². The smallest absolute Gasteiger partial charge is 0.220 e. The Morgan fingerprint density at radius 3 is 1.11 bits per heavy atom. The first-order valence-electron chi connectivity index (χ1n) is 32.9. The zero-order chi connectivity index (χ0) is 55.0. The quantitative estimate of drug-likeness (QED) is 0.0261. The Morgan fingerprint density at radius 2 is 0.750 bits per heavy atom. The van der Waals surface area contributed by atoms with Crippen LogP contribution in [0.5, 0.6) is 0 Å². The molecule has 0 radical (unpaired) electrons. The molecule has 1 heterocycles. The second-order valence-electron chi connectivity index (χ2n) is 22.9. The Labute approximate surface area is 469 Å². The summed E-state index contributed by atoms with van der Waals surface area (Å²) in [7, 11) is 0. The van der Waals surface area contributed by atoms with E-state index in [2.05, 4.69) is 55.6 Å². The lowest BCUT2D eigenvalue weighted by Gasteiger charge is -2.40. The summed E-state index contributed by atoms with van der Waals surface area (Å²) in [6, 6.07) is -0.829. The third kappa shape index (κ3) is 44.9. The predicted molar refractivity (Wildman–Crippen MR) is 323 cm³/mol. The molecule has 0 bridgehead atoms. The minimum absolute atomic E-state index is 0.186. The Morgan fingerprint density at radius 1 is 0.434 bits per heavy atom. The molecule has 0 aliphatic carbocycles. The number of amides is 1.